The number of allylic oxidation sites excluding steroid dienone is 2. The number of carbonyl (C=O) groups is 1. The number of methoxy groups -OCH3 is 1. The Morgan fingerprint density at radius 3 is 2.78 bits per heavy atom. The molecule has 0 spiro atoms. The molecule has 6 heteroatoms. The first-order valence-electron chi connectivity index (χ1n) is 9.75. The molecule has 1 N–H and O–H groups in total. The molecule has 1 amide bonds. The Hall–Kier alpha value is -2.05. The number of nitrogens with zero attached hydrogens (tertiary/aromatic N) is 2. The first-order chi connectivity index (χ1) is 13.1. The van der Waals surface area contributed by atoms with Crippen molar-refractivity contribution in [2.75, 3.05) is 40.0 Å². The molecule has 27 heavy (non-hydrogen) atoms. The van der Waals surface area contributed by atoms with Crippen LogP contribution in [-0.4, -0.2) is 66.8 Å². The van der Waals surface area contributed by atoms with Gasteiger partial charge >= 0.3 is 0 Å². The van der Waals surface area contributed by atoms with Gasteiger partial charge in [-0.2, -0.15) is 0 Å². The Morgan fingerprint density at radius 2 is 2.04 bits per heavy atom. The highest BCUT2D eigenvalue weighted by Gasteiger charge is 2.38. The third kappa shape index (κ3) is 3.96. The van der Waals surface area contributed by atoms with Crippen molar-refractivity contribution in [3.05, 3.63) is 35.9 Å². The molecular formula is C21H28N2O4. The first-order valence-corrected chi connectivity index (χ1v) is 9.75. The summed E-state index contributed by atoms with van der Waals surface area (Å²) in [5, 5.41) is 10.1. The van der Waals surface area contributed by atoms with E-state index in [0.29, 0.717) is 24.9 Å². The van der Waals surface area contributed by atoms with Gasteiger partial charge in [0.05, 0.1) is 26.4 Å². The first kappa shape index (κ1) is 18.3. The summed E-state index contributed by atoms with van der Waals surface area (Å²) in [7, 11) is 1.55. The Labute approximate surface area is 160 Å². The minimum atomic E-state index is 0.0949. The van der Waals surface area contributed by atoms with Crippen molar-refractivity contribution in [3.8, 4) is 11.5 Å². The van der Waals surface area contributed by atoms with Crippen LogP contribution < -0.4 is 4.74 Å². The number of ether oxygens (including phenoxy) is 2. The Morgan fingerprint density at radius 1 is 1.22 bits per heavy atom. The van der Waals surface area contributed by atoms with E-state index in [1.165, 1.54) is 0 Å². The molecule has 2 fully saturated rings. The zero-order valence-electron chi connectivity index (χ0n) is 15.8. The summed E-state index contributed by atoms with van der Waals surface area (Å²) in [6.07, 6.45) is 5.96. The summed E-state index contributed by atoms with van der Waals surface area (Å²) in [4.78, 5) is 17.5. The maximum atomic E-state index is 13.0. The maximum Gasteiger partial charge on any atom is 0.226 e. The lowest BCUT2D eigenvalue weighted by Crippen LogP contribution is -2.48. The Kier molecular flexibility index (Phi) is 5.36. The smallest absolute Gasteiger partial charge is 0.226 e. The van der Waals surface area contributed by atoms with Crippen molar-refractivity contribution in [1.29, 1.82) is 0 Å². The second kappa shape index (κ2) is 7.90. The van der Waals surface area contributed by atoms with Crippen molar-refractivity contribution in [2.24, 2.45) is 11.8 Å². The molecule has 2 heterocycles. The summed E-state index contributed by atoms with van der Waals surface area (Å²) >= 11 is 0. The molecule has 0 radical (unpaired) electrons. The fourth-order valence-electron chi connectivity index (χ4n) is 4.48. The molecule has 2 saturated heterocycles. The SMILES string of the molecule is COc1ccc(CN2C[C@@H]3COC[C@H](C2)N(C(=O)C2CC=CC2)C3)cc1O. The van der Waals surface area contributed by atoms with Crippen molar-refractivity contribution in [1.82, 2.24) is 9.80 Å². The minimum absolute atomic E-state index is 0.0949. The van der Waals surface area contributed by atoms with Gasteiger partial charge in [-0.15, -0.1) is 0 Å². The molecule has 146 valence electrons. The van der Waals surface area contributed by atoms with Crippen LogP contribution in [0.25, 0.3) is 0 Å². The maximum absolute atomic E-state index is 13.0. The second-order valence-corrected chi connectivity index (χ2v) is 7.89. The predicted molar refractivity (Wildman–Crippen MR) is 102 cm³/mol. The summed E-state index contributed by atoms with van der Waals surface area (Å²) in [5.74, 6) is 1.36. The van der Waals surface area contributed by atoms with Crippen LogP contribution in [0.2, 0.25) is 0 Å². The molecule has 6 nitrogen and oxygen atoms in total. The van der Waals surface area contributed by atoms with Gasteiger partial charge in [0.25, 0.3) is 0 Å². The molecule has 0 saturated carbocycles. The lowest BCUT2D eigenvalue weighted by molar-refractivity contribution is -0.138. The van der Waals surface area contributed by atoms with Gasteiger partial charge in [-0.1, -0.05) is 18.2 Å². The highest BCUT2D eigenvalue weighted by Crippen LogP contribution is 2.29. The Bertz CT molecular complexity index is 712. The molecule has 0 unspecified atom stereocenters. The predicted octanol–water partition coefficient (Wildman–Crippen LogP) is 2.03. The van der Waals surface area contributed by atoms with Crippen LogP contribution >= 0.6 is 0 Å². The van der Waals surface area contributed by atoms with Gasteiger partial charge in [0.1, 0.15) is 0 Å². The van der Waals surface area contributed by atoms with Gasteiger partial charge in [-0.05, 0) is 30.5 Å². The van der Waals surface area contributed by atoms with E-state index in [1.54, 1.807) is 19.2 Å². The third-order valence-electron chi connectivity index (χ3n) is 5.83. The summed E-state index contributed by atoms with van der Waals surface area (Å²) in [5.41, 5.74) is 1.05. The van der Waals surface area contributed by atoms with Gasteiger partial charge in [0.2, 0.25) is 5.91 Å². The van der Waals surface area contributed by atoms with E-state index in [-0.39, 0.29) is 23.6 Å². The summed E-state index contributed by atoms with van der Waals surface area (Å²) in [6.45, 7) is 4.54. The van der Waals surface area contributed by atoms with E-state index < -0.39 is 0 Å². The zero-order valence-corrected chi connectivity index (χ0v) is 15.8. The third-order valence-corrected chi connectivity index (χ3v) is 5.83. The van der Waals surface area contributed by atoms with E-state index in [1.807, 2.05) is 6.07 Å². The quantitative estimate of drug-likeness (QED) is 0.820. The van der Waals surface area contributed by atoms with Gasteiger partial charge in [0.15, 0.2) is 11.5 Å². The number of fused-ring (bicyclic) bond motifs is 3. The lowest BCUT2D eigenvalue weighted by atomic mass is 10.0. The highest BCUT2D eigenvalue weighted by molar-refractivity contribution is 5.80. The van der Waals surface area contributed by atoms with Crippen LogP contribution in [0.4, 0.5) is 0 Å². The molecule has 2 atom stereocenters. The van der Waals surface area contributed by atoms with Gasteiger partial charge in [-0.3, -0.25) is 9.69 Å². The molecular weight excluding hydrogens is 344 g/mol. The fraction of sp³-hybridized carbons (Fsp3) is 0.571. The summed E-state index contributed by atoms with van der Waals surface area (Å²) < 4.78 is 11.0. The lowest BCUT2D eigenvalue weighted by Gasteiger charge is -2.32. The van der Waals surface area contributed by atoms with Crippen molar-refractivity contribution in [3.63, 3.8) is 0 Å². The Balaban J connectivity index is 1.47. The highest BCUT2D eigenvalue weighted by atomic mass is 16.5. The van der Waals surface area contributed by atoms with Crippen LogP contribution in [0, 0.1) is 11.8 Å². The monoisotopic (exact) mass is 372 g/mol. The van der Waals surface area contributed by atoms with Crippen molar-refractivity contribution in [2.45, 2.75) is 25.4 Å². The van der Waals surface area contributed by atoms with Crippen LogP contribution in [0.15, 0.2) is 30.4 Å². The normalized spacial score (nSPS) is 26.2. The van der Waals surface area contributed by atoms with Gasteiger partial charge < -0.3 is 19.5 Å². The molecule has 2 bridgehead atoms. The van der Waals surface area contributed by atoms with Gasteiger partial charge in [0, 0.05) is 38.0 Å². The molecule has 1 aliphatic carbocycles. The second-order valence-electron chi connectivity index (χ2n) is 7.89. The number of aromatic hydroxyl groups is 1. The average Bonchev–Trinajstić information content (AvgIpc) is 3.04. The topological polar surface area (TPSA) is 62.2 Å². The molecule has 1 aromatic carbocycles. The number of benzene rings is 1. The zero-order chi connectivity index (χ0) is 18.8. The van der Waals surface area contributed by atoms with Crippen LogP contribution in [0.1, 0.15) is 18.4 Å². The number of amides is 1. The number of phenols is 1. The standard InChI is InChI=1S/C21H28N2O4/c1-26-20-7-6-15(8-19(20)24)9-22-10-16-11-23(18(12-22)14-27-13-16)21(25)17-4-2-3-5-17/h2-3,6-8,16-18,24H,4-5,9-14H2,1H3/t16-,18-/m0/s1. The number of hydrogen-bond donors (Lipinski definition) is 1. The van der Waals surface area contributed by atoms with E-state index in [9.17, 15) is 9.90 Å². The molecule has 0 aromatic heterocycles. The summed E-state index contributed by atoms with van der Waals surface area (Å²) in [6, 6.07) is 5.65. The van der Waals surface area contributed by atoms with Crippen LogP contribution in [-0.2, 0) is 16.1 Å². The van der Waals surface area contributed by atoms with E-state index >= 15 is 0 Å². The number of hydrogen-bond acceptors (Lipinski definition) is 5. The number of carbonyl (C=O) groups excluding carboxylic acids is 1. The minimum Gasteiger partial charge on any atom is -0.504 e. The number of phenolic OH excluding ortho intramolecular Hbond substituents is 1. The fourth-order valence-corrected chi connectivity index (χ4v) is 4.48. The van der Waals surface area contributed by atoms with Crippen LogP contribution in [0.5, 0.6) is 11.5 Å². The average molecular weight is 372 g/mol. The largest absolute Gasteiger partial charge is 0.504 e. The van der Waals surface area contributed by atoms with Crippen LogP contribution in [0.3, 0.4) is 0 Å². The van der Waals surface area contributed by atoms with E-state index in [2.05, 4.69) is 22.0 Å². The van der Waals surface area contributed by atoms with Crippen molar-refractivity contribution >= 4 is 5.91 Å². The molecule has 4 rings (SSSR count). The van der Waals surface area contributed by atoms with E-state index in [0.717, 1.165) is 44.6 Å². The van der Waals surface area contributed by atoms with Gasteiger partial charge in [-0.25, -0.2) is 0 Å². The molecule has 3 aliphatic rings. The molecule has 1 aromatic rings. The van der Waals surface area contributed by atoms with E-state index in [4.69, 9.17) is 9.47 Å². The molecule has 2 aliphatic heterocycles. The number of rotatable bonds is 4. The van der Waals surface area contributed by atoms with Crippen molar-refractivity contribution < 1.29 is 19.4 Å².